The van der Waals surface area contributed by atoms with Crippen molar-refractivity contribution in [3.8, 4) is 0 Å². The van der Waals surface area contributed by atoms with Crippen LogP contribution in [0.4, 0.5) is 11.4 Å². The largest absolute Gasteiger partial charge is 0.479 e. The molecule has 4 rings (SSSR count). The molecule has 0 amide bonds. The zero-order valence-corrected chi connectivity index (χ0v) is 14.7. The van der Waals surface area contributed by atoms with E-state index >= 15 is 0 Å². The van der Waals surface area contributed by atoms with Crippen molar-refractivity contribution >= 4 is 29.1 Å². The summed E-state index contributed by atoms with van der Waals surface area (Å²) in [5, 5.41) is 40.7. The van der Waals surface area contributed by atoms with Gasteiger partial charge in [-0.15, -0.1) is 0 Å². The second kappa shape index (κ2) is 7.12. The Labute approximate surface area is 158 Å². The van der Waals surface area contributed by atoms with E-state index in [1.165, 1.54) is 5.06 Å². The summed E-state index contributed by atoms with van der Waals surface area (Å²) in [5.74, 6) is -1.46. The quantitative estimate of drug-likeness (QED) is 0.610. The summed E-state index contributed by atoms with van der Waals surface area (Å²) in [6, 6.07) is 14.8. The molecule has 2 aromatic carbocycles. The molecule has 2 aromatic rings. The molecule has 2 heterocycles. The number of rotatable bonds is 3. The maximum absolute atomic E-state index is 11.3. The summed E-state index contributed by atoms with van der Waals surface area (Å²) < 4.78 is 5.25. The highest BCUT2D eigenvalue weighted by atomic mass is 32.2. The van der Waals surface area contributed by atoms with Crippen LogP contribution < -0.4 is 5.06 Å². The van der Waals surface area contributed by atoms with Gasteiger partial charge in [0.2, 0.25) is 6.29 Å². The topological polar surface area (TPSA) is 120 Å². The van der Waals surface area contributed by atoms with Crippen LogP contribution in [0.25, 0.3) is 0 Å². The molecule has 0 saturated carbocycles. The number of hydrogen-bond donors (Lipinski definition) is 4. The van der Waals surface area contributed by atoms with Crippen LogP contribution in [0, 0.1) is 0 Å². The van der Waals surface area contributed by atoms with E-state index in [0.29, 0.717) is 11.4 Å². The summed E-state index contributed by atoms with van der Waals surface area (Å²) >= 11 is 1.55. The Morgan fingerprint density at radius 1 is 0.926 bits per heavy atom. The molecule has 1 saturated heterocycles. The van der Waals surface area contributed by atoms with E-state index in [0.717, 1.165) is 9.79 Å². The standard InChI is InChI=1S/C18H17NO7S/c20-13-14(21)16(17(23)24)25-18(15(13)22)26-19-9-5-1-3-7-11(9)27-12-8-4-2-6-10(12)19/h1-8,13-16,18,20-22H,(H,23,24)/t13-,14-,15+,16-,18?/m0/s1. The summed E-state index contributed by atoms with van der Waals surface area (Å²) in [4.78, 5) is 18.9. The van der Waals surface area contributed by atoms with Crippen molar-refractivity contribution in [2.75, 3.05) is 5.06 Å². The highest BCUT2D eigenvalue weighted by Crippen LogP contribution is 2.48. The fraction of sp³-hybridized carbons (Fsp3) is 0.278. The van der Waals surface area contributed by atoms with E-state index in [-0.39, 0.29) is 0 Å². The first-order chi connectivity index (χ1) is 13.0. The number of carboxylic acids is 1. The molecule has 142 valence electrons. The Hall–Kier alpha value is -2.14. The van der Waals surface area contributed by atoms with Crippen LogP contribution >= 0.6 is 11.8 Å². The van der Waals surface area contributed by atoms with Crippen molar-refractivity contribution in [2.24, 2.45) is 0 Å². The zero-order chi connectivity index (χ0) is 19.1. The maximum atomic E-state index is 11.3. The van der Waals surface area contributed by atoms with Gasteiger partial charge in [-0.1, -0.05) is 36.0 Å². The Bertz CT molecular complexity index is 818. The van der Waals surface area contributed by atoms with Gasteiger partial charge in [0.25, 0.3) is 0 Å². The van der Waals surface area contributed by atoms with Crippen molar-refractivity contribution in [1.82, 2.24) is 0 Å². The minimum absolute atomic E-state index is 0.685. The average Bonchev–Trinajstić information content (AvgIpc) is 2.67. The van der Waals surface area contributed by atoms with E-state index < -0.39 is 36.7 Å². The first-order valence-corrected chi connectivity index (χ1v) is 9.04. The molecule has 4 N–H and O–H groups in total. The molecule has 1 unspecified atom stereocenters. The van der Waals surface area contributed by atoms with Crippen molar-refractivity contribution in [2.45, 2.75) is 40.5 Å². The highest BCUT2D eigenvalue weighted by molar-refractivity contribution is 7.99. The number of fused-ring (bicyclic) bond motifs is 2. The van der Waals surface area contributed by atoms with Gasteiger partial charge in [-0.05, 0) is 24.3 Å². The van der Waals surface area contributed by atoms with Crippen LogP contribution in [0.5, 0.6) is 0 Å². The molecule has 1 fully saturated rings. The predicted octanol–water partition coefficient (Wildman–Crippen LogP) is 1.11. The van der Waals surface area contributed by atoms with Crippen LogP contribution in [-0.4, -0.2) is 57.1 Å². The molecule has 0 aliphatic carbocycles. The molecule has 0 aromatic heterocycles. The number of aliphatic hydroxyl groups excluding tert-OH is 3. The number of benzene rings is 2. The third-order valence-electron chi connectivity index (χ3n) is 4.41. The third kappa shape index (κ3) is 3.18. The Morgan fingerprint density at radius 2 is 1.48 bits per heavy atom. The number of carboxylic acid groups (broad SMARTS) is 1. The smallest absolute Gasteiger partial charge is 0.335 e. The minimum atomic E-state index is -1.77. The van der Waals surface area contributed by atoms with Gasteiger partial charge in [0, 0.05) is 9.79 Å². The molecular weight excluding hydrogens is 374 g/mol. The van der Waals surface area contributed by atoms with E-state index in [4.69, 9.17) is 9.57 Å². The Balaban J connectivity index is 1.69. The van der Waals surface area contributed by atoms with Crippen LogP contribution in [-0.2, 0) is 14.4 Å². The first-order valence-electron chi connectivity index (χ1n) is 8.22. The molecule has 5 atom stereocenters. The second-order valence-electron chi connectivity index (χ2n) is 6.17. The van der Waals surface area contributed by atoms with Gasteiger partial charge in [-0.3, -0.25) is 0 Å². The van der Waals surface area contributed by atoms with Gasteiger partial charge in [-0.25, -0.2) is 14.7 Å². The fourth-order valence-corrected chi connectivity index (χ4v) is 4.07. The molecule has 8 nitrogen and oxygen atoms in total. The third-order valence-corrected chi connectivity index (χ3v) is 5.54. The lowest BCUT2D eigenvalue weighted by molar-refractivity contribution is -0.294. The first kappa shape index (κ1) is 18.2. The molecule has 2 aliphatic rings. The lowest BCUT2D eigenvalue weighted by Crippen LogP contribution is -2.61. The predicted molar refractivity (Wildman–Crippen MR) is 94.5 cm³/mol. The van der Waals surface area contributed by atoms with E-state index in [1.54, 1.807) is 11.8 Å². The van der Waals surface area contributed by atoms with Gasteiger partial charge in [0.15, 0.2) is 6.10 Å². The highest BCUT2D eigenvalue weighted by Gasteiger charge is 2.48. The molecular formula is C18H17NO7S. The Morgan fingerprint density at radius 3 is 2.04 bits per heavy atom. The SMILES string of the molecule is O=C(O)[C@H]1OC(ON2c3ccccc3Sc3ccccc32)[C@H](O)[C@@H](O)[C@@H]1O. The Kier molecular flexibility index (Phi) is 4.81. The molecule has 0 radical (unpaired) electrons. The number of para-hydroxylation sites is 2. The van der Waals surface area contributed by atoms with Crippen LogP contribution in [0.2, 0.25) is 0 Å². The fourth-order valence-electron chi connectivity index (χ4n) is 3.03. The van der Waals surface area contributed by atoms with Crippen molar-refractivity contribution < 1.29 is 34.8 Å². The molecule has 9 heteroatoms. The van der Waals surface area contributed by atoms with Gasteiger partial charge < -0.3 is 25.2 Å². The van der Waals surface area contributed by atoms with Crippen LogP contribution in [0.1, 0.15) is 0 Å². The van der Waals surface area contributed by atoms with E-state index in [9.17, 15) is 25.2 Å². The summed E-state index contributed by atoms with van der Waals surface area (Å²) in [5.41, 5.74) is 1.37. The minimum Gasteiger partial charge on any atom is -0.479 e. The number of hydrogen-bond acceptors (Lipinski definition) is 8. The number of carbonyl (C=O) groups is 1. The molecule has 2 aliphatic heterocycles. The van der Waals surface area contributed by atoms with Crippen molar-refractivity contribution in [1.29, 1.82) is 0 Å². The second-order valence-corrected chi connectivity index (χ2v) is 7.26. The number of nitrogens with zero attached hydrogens (tertiary/aromatic N) is 1. The lowest BCUT2D eigenvalue weighted by Gasteiger charge is -2.41. The summed E-state index contributed by atoms with van der Waals surface area (Å²) in [7, 11) is 0. The maximum Gasteiger partial charge on any atom is 0.335 e. The normalized spacial score (nSPS) is 29.7. The van der Waals surface area contributed by atoms with Gasteiger partial charge >= 0.3 is 5.97 Å². The number of aliphatic carboxylic acids is 1. The number of aliphatic hydroxyl groups is 3. The molecule has 0 spiro atoms. The summed E-state index contributed by atoms with van der Waals surface area (Å²) in [6.45, 7) is 0. The van der Waals surface area contributed by atoms with Gasteiger partial charge in [-0.2, -0.15) is 0 Å². The summed E-state index contributed by atoms with van der Waals surface area (Å²) in [6.07, 6.45) is -8.35. The van der Waals surface area contributed by atoms with Crippen LogP contribution in [0.3, 0.4) is 0 Å². The number of ether oxygens (including phenoxy) is 1. The average molecular weight is 391 g/mol. The zero-order valence-electron chi connectivity index (χ0n) is 13.9. The number of anilines is 2. The van der Waals surface area contributed by atoms with Gasteiger partial charge in [0.1, 0.15) is 18.3 Å². The van der Waals surface area contributed by atoms with E-state index in [2.05, 4.69) is 0 Å². The van der Waals surface area contributed by atoms with E-state index in [1.807, 2.05) is 48.5 Å². The lowest BCUT2D eigenvalue weighted by atomic mass is 9.99. The monoisotopic (exact) mass is 391 g/mol. The van der Waals surface area contributed by atoms with Crippen LogP contribution in [0.15, 0.2) is 58.3 Å². The van der Waals surface area contributed by atoms with Gasteiger partial charge in [0.05, 0.1) is 11.4 Å². The molecule has 27 heavy (non-hydrogen) atoms. The molecule has 0 bridgehead atoms. The van der Waals surface area contributed by atoms with Crippen molar-refractivity contribution in [3.05, 3.63) is 48.5 Å². The van der Waals surface area contributed by atoms with Crippen molar-refractivity contribution in [3.63, 3.8) is 0 Å².